The fourth-order valence-electron chi connectivity index (χ4n) is 12.0. The van der Waals surface area contributed by atoms with Gasteiger partial charge in [0, 0.05) is 25.7 Å². The van der Waals surface area contributed by atoms with Gasteiger partial charge < -0.3 is 33.8 Å². The average molecular weight is 1440 g/mol. The van der Waals surface area contributed by atoms with Gasteiger partial charge in [0.15, 0.2) is 12.2 Å². The van der Waals surface area contributed by atoms with Crippen LogP contribution in [0.4, 0.5) is 0 Å². The highest BCUT2D eigenvalue weighted by Gasteiger charge is 2.30. The van der Waals surface area contributed by atoms with Gasteiger partial charge in [0.1, 0.15) is 19.3 Å². The maximum Gasteiger partial charge on any atom is 0.472 e. The van der Waals surface area contributed by atoms with Crippen LogP contribution in [0.25, 0.3) is 0 Å². The van der Waals surface area contributed by atoms with Crippen molar-refractivity contribution in [3.05, 3.63) is 0 Å². The molecule has 0 bridgehead atoms. The van der Waals surface area contributed by atoms with Crippen molar-refractivity contribution in [1.82, 2.24) is 0 Å². The standard InChI is InChI=1S/C79H154O17P2/c1-9-72(8)58-50-42-34-26-21-23-29-37-46-54-62-79(84)95-74(65-89-76(81)59-51-43-35-27-19-17-15-13-11-10-12-14-16-18-24-31-39-47-55-69(2)3)67-93-97(85,86)91-63-73(80)64-92-98(87,88)94-68-75(66-90-77(82)60-52-44-38-30-33-41-49-57-71(6)7)96-78(83)61-53-45-36-28-22-20-25-32-40-48-56-70(4)5/h69-75,80H,9-68H2,1-8H3,(H,85,86)(H,87,88)/t72?,73?,74-,75-/m1/s1. The van der Waals surface area contributed by atoms with Crippen LogP contribution < -0.4 is 0 Å². The number of aliphatic hydroxyl groups is 1. The predicted molar refractivity (Wildman–Crippen MR) is 400 cm³/mol. The van der Waals surface area contributed by atoms with Crippen molar-refractivity contribution in [2.75, 3.05) is 39.6 Å². The molecule has 19 heteroatoms. The van der Waals surface area contributed by atoms with E-state index in [-0.39, 0.29) is 25.7 Å². The van der Waals surface area contributed by atoms with Crippen molar-refractivity contribution >= 4 is 39.5 Å². The molecule has 98 heavy (non-hydrogen) atoms. The van der Waals surface area contributed by atoms with Crippen molar-refractivity contribution in [2.24, 2.45) is 23.7 Å². The summed E-state index contributed by atoms with van der Waals surface area (Å²) in [6.45, 7) is 14.2. The lowest BCUT2D eigenvalue weighted by Crippen LogP contribution is -2.30. The SMILES string of the molecule is CCC(C)CCCCCCCCCCCCC(=O)O[C@H](COC(=O)CCCCCCCCCCCCCCCCCCCCC(C)C)COP(=O)(O)OCC(O)COP(=O)(O)OC[C@@H](COC(=O)CCCCCCCCCC(C)C)OC(=O)CCCCCCCCCCCCC(C)C. The lowest BCUT2D eigenvalue weighted by Gasteiger charge is -2.21. The average Bonchev–Trinajstić information content (AvgIpc) is 1.08. The van der Waals surface area contributed by atoms with Crippen LogP contribution in [-0.4, -0.2) is 96.7 Å². The highest BCUT2D eigenvalue weighted by molar-refractivity contribution is 7.47. The number of ether oxygens (including phenoxy) is 4. The second-order valence-corrected chi connectivity index (χ2v) is 33.0. The molecule has 0 rings (SSSR count). The second kappa shape index (κ2) is 68.2. The summed E-state index contributed by atoms with van der Waals surface area (Å²) < 4.78 is 68.6. The molecule has 0 spiro atoms. The van der Waals surface area contributed by atoms with Crippen LogP contribution in [0.3, 0.4) is 0 Å². The third-order valence-electron chi connectivity index (χ3n) is 18.7. The summed E-state index contributed by atoms with van der Waals surface area (Å²) in [5.41, 5.74) is 0. The highest BCUT2D eigenvalue weighted by atomic mass is 31.2. The van der Waals surface area contributed by atoms with E-state index in [9.17, 15) is 43.2 Å². The number of carbonyl (C=O) groups excluding carboxylic acids is 4. The third kappa shape index (κ3) is 71.1. The number of rotatable bonds is 76. The first-order chi connectivity index (χ1) is 47.1. The molecule has 0 heterocycles. The van der Waals surface area contributed by atoms with E-state index < -0.39 is 97.5 Å². The molecule has 6 atom stereocenters. The summed E-state index contributed by atoms with van der Waals surface area (Å²) in [7, 11) is -9.92. The number of aliphatic hydroxyl groups excluding tert-OH is 1. The van der Waals surface area contributed by atoms with Gasteiger partial charge in [-0.05, 0) is 49.4 Å². The topological polar surface area (TPSA) is 237 Å². The maximum absolute atomic E-state index is 13.1. The van der Waals surface area contributed by atoms with Crippen LogP contribution in [-0.2, 0) is 65.4 Å². The molecule has 0 aliphatic heterocycles. The van der Waals surface area contributed by atoms with Gasteiger partial charge in [-0.2, -0.15) is 0 Å². The first kappa shape index (κ1) is 96.1. The smallest absolute Gasteiger partial charge is 0.462 e. The monoisotopic (exact) mass is 1440 g/mol. The Morgan fingerprint density at radius 1 is 0.286 bits per heavy atom. The second-order valence-electron chi connectivity index (χ2n) is 30.1. The van der Waals surface area contributed by atoms with Crippen LogP contribution in [0.5, 0.6) is 0 Å². The van der Waals surface area contributed by atoms with Crippen LogP contribution >= 0.6 is 15.6 Å². The van der Waals surface area contributed by atoms with E-state index in [4.69, 9.17) is 37.0 Å². The fraction of sp³-hybridized carbons (Fsp3) is 0.949. The minimum atomic E-state index is -4.96. The molecule has 0 aliphatic rings. The number of phosphoric acid groups is 2. The van der Waals surface area contributed by atoms with E-state index in [1.807, 2.05) is 0 Å². The quantitative estimate of drug-likeness (QED) is 0.0222. The molecule has 0 fully saturated rings. The van der Waals surface area contributed by atoms with Crippen LogP contribution in [0, 0.1) is 23.7 Å². The van der Waals surface area contributed by atoms with E-state index in [0.717, 1.165) is 114 Å². The van der Waals surface area contributed by atoms with Gasteiger partial charge in [0.25, 0.3) is 0 Å². The van der Waals surface area contributed by atoms with Crippen molar-refractivity contribution in [3.63, 3.8) is 0 Å². The van der Waals surface area contributed by atoms with Gasteiger partial charge in [-0.15, -0.1) is 0 Å². The molecule has 0 radical (unpaired) electrons. The largest absolute Gasteiger partial charge is 0.472 e. The molecule has 17 nitrogen and oxygen atoms in total. The molecule has 3 N–H and O–H groups in total. The number of hydrogen-bond donors (Lipinski definition) is 3. The van der Waals surface area contributed by atoms with Crippen molar-refractivity contribution in [2.45, 2.75) is 420 Å². The molecular weight excluding hydrogens is 1280 g/mol. The molecule has 0 aromatic carbocycles. The Kier molecular flexibility index (Phi) is 66.8. The Labute approximate surface area is 600 Å². The van der Waals surface area contributed by atoms with E-state index >= 15 is 0 Å². The van der Waals surface area contributed by atoms with Crippen LogP contribution in [0.1, 0.15) is 402 Å². The van der Waals surface area contributed by atoms with E-state index in [2.05, 4.69) is 55.4 Å². The van der Waals surface area contributed by atoms with Crippen molar-refractivity contribution in [1.29, 1.82) is 0 Å². The molecular formula is C79H154O17P2. The van der Waals surface area contributed by atoms with Crippen molar-refractivity contribution in [3.8, 4) is 0 Å². The summed E-state index contributed by atoms with van der Waals surface area (Å²) in [5, 5.41) is 10.6. The number of carbonyl (C=O) groups is 4. The van der Waals surface area contributed by atoms with Gasteiger partial charge in [-0.1, -0.05) is 351 Å². The molecule has 0 saturated carbocycles. The maximum atomic E-state index is 13.1. The minimum absolute atomic E-state index is 0.105. The summed E-state index contributed by atoms with van der Waals surface area (Å²) >= 11 is 0. The number of esters is 4. The first-order valence-corrected chi connectivity index (χ1v) is 43.7. The lowest BCUT2D eigenvalue weighted by atomic mass is 9.99. The molecule has 0 aromatic heterocycles. The summed E-state index contributed by atoms with van der Waals surface area (Å²) in [6.07, 6.45) is 54.2. The molecule has 0 aromatic rings. The highest BCUT2D eigenvalue weighted by Crippen LogP contribution is 2.45. The number of unbranched alkanes of at least 4 members (excludes halogenated alkanes) is 41. The number of hydrogen-bond acceptors (Lipinski definition) is 15. The van der Waals surface area contributed by atoms with E-state index in [0.29, 0.717) is 31.6 Å². The van der Waals surface area contributed by atoms with E-state index in [1.165, 1.54) is 199 Å². The normalized spacial score (nSPS) is 14.3. The van der Waals surface area contributed by atoms with Crippen molar-refractivity contribution < 1.29 is 80.2 Å². The zero-order valence-corrected chi connectivity index (χ0v) is 66.2. The minimum Gasteiger partial charge on any atom is -0.462 e. The fourth-order valence-corrected chi connectivity index (χ4v) is 13.6. The van der Waals surface area contributed by atoms with Gasteiger partial charge in [-0.3, -0.25) is 37.3 Å². The Hall–Kier alpha value is -1.94. The molecule has 0 saturated heterocycles. The molecule has 0 amide bonds. The van der Waals surface area contributed by atoms with Gasteiger partial charge in [-0.25, -0.2) is 9.13 Å². The molecule has 4 unspecified atom stereocenters. The van der Waals surface area contributed by atoms with Gasteiger partial charge in [0.05, 0.1) is 26.4 Å². The summed E-state index contributed by atoms with van der Waals surface area (Å²) in [5.74, 6) is 0.964. The van der Waals surface area contributed by atoms with Gasteiger partial charge >= 0.3 is 39.5 Å². The zero-order valence-electron chi connectivity index (χ0n) is 64.4. The lowest BCUT2D eigenvalue weighted by molar-refractivity contribution is -0.161. The van der Waals surface area contributed by atoms with Gasteiger partial charge in [0.2, 0.25) is 0 Å². The zero-order chi connectivity index (χ0) is 72.4. The Balaban J connectivity index is 5.20. The first-order valence-electron chi connectivity index (χ1n) is 40.7. The van der Waals surface area contributed by atoms with Crippen LogP contribution in [0.2, 0.25) is 0 Å². The Morgan fingerprint density at radius 3 is 0.724 bits per heavy atom. The predicted octanol–water partition coefficient (Wildman–Crippen LogP) is 23.2. The summed E-state index contributed by atoms with van der Waals surface area (Å²) in [6, 6.07) is 0. The van der Waals surface area contributed by atoms with Crippen LogP contribution in [0.15, 0.2) is 0 Å². The molecule has 0 aliphatic carbocycles. The Morgan fingerprint density at radius 2 is 0.490 bits per heavy atom. The Bertz CT molecular complexity index is 1920. The number of phosphoric ester groups is 2. The summed E-state index contributed by atoms with van der Waals surface area (Å²) in [4.78, 5) is 72.9. The third-order valence-corrected chi connectivity index (χ3v) is 20.6. The molecule has 582 valence electrons. The van der Waals surface area contributed by atoms with E-state index in [1.54, 1.807) is 0 Å².